The summed E-state index contributed by atoms with van der Waals surface area (Å²) in [5.74, 6) is -0.211. The third-order valence-electron chi connectivity index (χ3n) is 6.37. The second-order valence-corrected chi connectivity index (χ2v) is 8.53. The van der Waals surface area contributed by atoms with Crippen molar-refractivity contribution in [3.8, 4) is 11.5 Å². The third kappa shape index (κ3) is 5.49. The van der Waals surface area contributed by atoms with Crippen LogP contribution in [0.1, 0.15) is 30.5 Å². The number of morpholine rings is 1. The summed E-state index contributed by atoms with van der Waals surface area (Å²) >= 11 is 0. The average molecular weight is 481 g/mol. The molecule has 35 heavy (non-hydrogen) atoms. The second kappa shape index (κ2) is 11.4. The number of hydrogen-bond acceptors (Lipinski definition) is 7. The lowest BCUT2D eigenvalue weighted by atomic mass is 9.95. The lowest BCUT2D eigenvalue weighted by Crippen LogP contribution is -2.38. The molecule has 0 radical (unpaired) electrons. The van der Waals surface area contributed by atoms with E-state index >= 15 is 0 Å². The highest BCUT2D eigenvalue weighted by Gasteiger charge is 2.46. The highest BCUT2D eigenvalue weighted by molar-refractivity contribution is 6.46. The van der Waals surface area contributed by atoms with Crippen LogP contribution in [-0.2, 0) is 14.3 Å². The predicted octanol–water partition coefficient (Wildman–Crippen LogP) is 3.24. The Morgan fingerprint density at radius 2 is 1.80 bits per heavy atom. The summed E-state index contributed by atoms with van der Waals surface area (Å²) < 4.78 is 16.3. The minimum absolute atomic E-state index is 0.0822. The number of ketones is 1. The average Bonchev–Trinajstić information content (AvgIpc) is 3.14. The molecule has 2 aromatic rings. The van der Waals surface area contributed by atoms with Gasteiger partial charge < -0.3 is 24.2 Å². The molecule has 2 aliphatic rings. The molecular weight excluding hydrogens is 448 g/mol. The molecule has 2 heterocycles. The Balaban J connectivity index is 1.67. The Morgan fingerprint density at radius 3 is 2.49 bits per heavy atom. The first-order valence-corrected chi connectivity index (χ1v) is 12.0. The van der Waals surface area contributed by atoms with Crippen molar-refractivity contribution >= 4 is 17.4 Å². The highest BCUT2D eigenvalue weighted by atomic mass is 16.5. The number of carbonyl (C=O) groups is 2. The highest BCUT2D eigenvalue weighted by Crippen LogP contribution is 2.40. The monoisotopic (exact) mass is 480 g/mol. The van der Waals surface area contributed by atoms with Crippen LogP contribution in [0.5, 0.6) is 11.5 Å². The molecule has 4 rings (SSSR count). The summed E-state index contributed by atoms with van der Waals surface area (Å²) in [6.45, 7) is 6.73. The van der Waals surface area contributed by atoms with Crippen LogP contribution in [0.25, 0.3) is 5.76 Å². The van der Waals surface area contributed by atoms with Crippen molar-refractivity contribution in [2.75, 3.05) is 53.1 Å². The van der Waals surface area contributed by atoms with Crippen LogP contribution >= 0.6 is 0 Å². The van der Waals surface area contributed by atoms with Gasteiger partial charge in [-0.25, -0.2) is 0 Å². The van der Waals surface area contributed by atoms with Crippen LogP contribution in [0.4, 0.5) is 0 Å². The quantitative estimate of drug-likeness (QED) is 0.335. The smallest absolute Gasteiger partial charge is 0.295 e. The molecular formula is C27H32N2O6. The summed E-state index contributed by atoms with van der Waals surface area (Å²) in [4.78, 5) is 30.2. The van der Waals surface area contributed by atoms with Gasteiger partial charge in [0, 0.05) is 31.7 Å². The van der Waals surface area contributed by atoms with Crippen molar-refractivity contribution in [2.45, 2.75) is 19.4 Å². The maximum Gasteiger partial charge on any atom is 0.295 e. The Labute approximate surface area is 205 Å². The maximum atomic E-state index is 13.2. The molecule has 8 nitrogen and oxygen atoms in total. The number of methoxy groups -OCH3 is 1. The molecule has 1 atom stereocenters. The van der Waals surface area contributed by atoms with Gasteiger partial charge in [-0.2, -0.15) is 0 Å². The van der Waals surface area contributed by atoms with Gasteiger partial charge in [0.1, 0.15) is 17.3 Å². The van der Waals surface area contributed by atoms with E-state index in [1.54, 1.807) is 48.4 Å². The summed E-state index contributed by atoms with van der Waals surface area (Å²) in [5.41, 5.74) is 1.24. The zero-order valence-electron chi connectivity index (χ0n) is 20.2. The zero-order valence-corrected chi connectivity index (χ0v) is 20.2. The number of amides is 1. The van der Waals surface area contributed by atoms with Crippen LogP contribution < -0.4 is 9.47 Å². The van der Waals surface area contributed by atoms with E-state index in [1.165, 1.54) is 0 Å². The fraction of sp³-hybridized carbons (Fsp3) is 0.407. The van der Waals surface area contributed by atoms with Crippen molar-refractivity contribution in [1.82, 2.24) is 9.80 Å². The molecule has 2 aromatic carbocycles. The zero-order chi connectivity index (χ0) is 24.8. The topological polar surface area (TPSA) is 88.5 Å². The molecule has 2 aliphatic heterocycles. The van der Waals surface area contributed by atoms with Gasteiger partial charge in [0.15, 0.2) is 0 Å². The van der Waals surface area contributed by atoms with Gasteiger partial charge in [0.2, 0.25) is 0 Å². The normalized spacial score (nSPS) is 20.3. The minimum atomic E-state index is -0.707. The van der Waals surface area contributed by atoms with E-state index in [0.717, 1.165) is 19.6 Å². The molecule has 0 aromatic heterocycles. The van der Waals surface area contributed by atoms with E-state index in [-0.39, 0.29) is 11.3 Å². The van der Waals surface area contributed by atoms with Crippen molar-refractivity contribution in [2.24, 2.45) is 0 Å². The molecule has 0 saturated carbocycles. The minimum Gasteiger partial charge on any atom is -0.507 e. The van der Waals surface area contributed by atoms with E-state index in [1.807, 2.05) is 19.1 Å². The Morgan fingerprint density at radius 1 is 1.06 bits per heavy atom. The van der Waals surface area contributed by atoms with Crippen molar-refractivity contribution in [3.63, 3.8) is 0 Å². The number of likely N-dealkylation sites (tertiary alicyclic amines) is 1. The summed E-state index contributed by atoms with van der Waals surface area (Å²) in [6.07, 6.45) is 0.705. The van der Waals surface area contributed by atoms with E-state index < -0.39 is 17.7 Å². The Bertz CT molecular complexity index is 1080. The van der Waals surface area contributed by atoms with Gasteiger partial charge in [-0.3, -0.25) is 14.5 Å². The van der Waals surface area contributed by atoms with Crippen LogP contribution in [0.15, 0.2) is 54.1 Å². The first-order valence-electron chi connectivity index (χ1n) is 12.0. The lowest BCUT2D eigenvalue weighted by Gasteiger charge is -2.29. The molecule has 2 fully saturated rings. The van der Waals surface area contributed by atoms with Gasteiger partial charge in [-0.15, -0.1) is 0 Å². The summed E-state index contributed by atoms with van der Waals surface area (Å²) in [6, 6.07) is 13.4. The molecule has 0 aliphatic carbocycles. The van der Waals surface area contributed by atoms with Crippen LogP contribution in [0, 0.1) is 0 Å². The van der Waals surface area contributed by atoms with Crippen LogP contribution in [0.2, 0.25) is 0 Å². The van der Waals surface area contributed by atoms with Gasteiger partial charge in [0.05, 0.1) is 38.5 Å². The molecule has 1 N–H and O–H groups in total. The van der Waals surface area contributed by atoms with Crippen LogP contribution in [-0.4, -0.2) is 79.7 Å². The number of benzene rings is 2. The number of ether oxygens (including phenoxy) is 3. The molecule has 8 heteroatoms. The van der Waals surface area contributed by atoms with Gasteiger partial charge in [-0.05, 0) is 55.3 Å². The molecule has 0 unspecified atom stereocenters. The van der Waals surface area contributed by atoms with E-state index in [4.69, 9.17) is 14.2 Å². The lowest BCUT2D eigenvalue weighted by molar-refractivity contribution is -0.140. The first kappa shape index (κ1) is 24.8. The molecule has 2 saturated heterocycles. The predicted molar refractivity (Wildman–Crippen MR) is 131 cm³/mol. The van der Waals surface area contributed by atoms with Crippen molar-refractivity contribution in [1.29, 1.82) is 0 Å². The number of nitrogens with zero attached hydrogens (tertiary/aromatic N) is 2. The number of rotatable bonds is 9. The first-order chi connectivity index (χ1) is 17.0. The maximum absolute atomic E-state index is 13.2. The van der Waals surface area contributed by atoms with Gasteiger partial charge >= 0.3 is 0 Å². The number of carbonyl (C=O) groups excluding carboxylic acids is 2. The van der Waals surface area contributed by atoms with E-state index in [0.29, 0.717) is 55.4 Å². The molecule has 0 bridgehead atoms. The second-order valence-electron chi connectivity index (χ2n) is 8.53. The number of aliphatic hydroxyl groups excluding tert-OH is 1. The molecule has 186 valence electrons. The number of aliphatic hydroxyl groups is 1. The fourth-order valence-corrected chi connectivity index (χ4v) is 4.59. The third-order valence-corrected chi connectivity index (χ3v) is 6.37. The number of hydrogen-bond donors (Lipinski definition) is 1. The molecule has 1 amide bonds. The van der Waals surface area contributed by atoms with E-state index in [2.05, 4.69) is 4.90 Å². The summed E-state index contributed by atoms with van der Waals surface area (Å²) in [7, 11) is 1.57. The SMILES string of the molecule is CCOc1ccc(/C(O)=C2\C(=O)C(=O)N(CCCN3CCOCC3)[C@H]2c2cccc(OC)c2)cc1. The summed E-state index contributed by atoms with van der Waals surface area (Å²) in [5, 5.41) is 11.2. The van der Waals surface area contributed by atoms with Crippen LogP contribution in [0.3, 0.4) is 0 Å². The number of Topliss-reactive ketones (excluding diaryl/α,β-unsaturated/α-hetero) is 1. The fourth-order valence-electron chi connectivity index (χ4n) is 4.59. The Kier molecular flexibility index (Phi) is 8.05. The van der Waals surface area contributed by atoms with Crippen molar-refractivity contribution < 1.29 is 28.9 Å². The van der Waals surface area contributed by atoms with Gasteiger partial charge in [-0.1, -0.05) is 12.1 Å². The largest absolute Gasteiger partial charge is 0.507 e. The van der Waals surface area contributed by atoms with E-state index in [9.17, 15) is 14.7 Å². The van der Waals surface area contributed by atoms with Gasteiger partial charge in [0.25, 0.3) is 11.7 Å². The Hall–Kier alpha value is -3.36. The molecule has 0 spiro atoms. The standard InChI is InChI=1S/C27H32N2O6/c1-3-35-21-10-8-19(9-11-21)25(30)23-24(20-6-4-7-22(18-20)33-2)29(27(32)26(23)31)13-5-12-28-14-16-34-17-15-28/h4,6-11,18,24,30H,3,5,12-17H2,1-2H3/b25-23+/t24-/m0/s1. The van der Waals surface area contributed by atoms with Crippen molar-refractivity contribution in [3.05, 3.63) is 65.2 Å².